The fourth-order valence-corrected chi connectivity index (χ4v) is 2.35. The molecule has 2 rings (SSSR count). The van der Waals surface area contributed by atoms with Crippen LogP contribution in [0.3, 0.4) is 0 Å². The fraction of sp³-hybridized carbons (Fsp3) is 0.235. The lowest BCUT2D eigenvalue weighted by atomic mass is 10.0. The predicted molar refractivity (Wildman–Crippen MR) is 99.9 cm³/mol. The molecule has 1 unspecified atom stereocenters. The molecule has 24 heavy (non-hydrogen) atoms. The monoisotopic (exact) mass is 355 g/mol. The topological polar surface area (TPSA) is 59.6 Å². The second-order valence-electron chi connectivity index (χ2n) is 5.26. The third-order valence-corrected chi connectivity index (χ3v) is 3.76. The van der Waals surface area contributed by atoms with E-state index in [1.54, 1.807) is 25.3 Å². The van der Waals surface area contributed by atoms with Gasteiger partial charge in [-0.3, -0.25) is 4.99 Å². The molecular formula is C17H23F2N3OS. The first-order chi connectivity index (χ1) is 11.4. The number of hydrogen-bond acceptors (Lipinski definition) is 3. The highest BCUT2D eigenvalue weighted by molar-refractivity contribution is 7.80. The van der Waals surface area contributed by atoms with Gasteiger partial charge in [0.25, 0.3) is 0 Å². The third kappa shape index (κ3) is 4.69. The summed E-state index contributed by atoms with van der Waals surface area (Å²) in [6.45, 7) is 2.25. The van der Waals surface area contributed by atoms with E-state index >= 15 is 0 Å². The van der Waals surface area contributed by atoms with Gasteiger partial charge in [-0.1, -0.05) is 12.1 Å². The van der Waals surface area contributed by atoms with Crippen LogP contribution in [0.5, 0.6) is 0 Å². The maximum absolute atomic E-state index is 13.5. The molecule has 0 saturated heterocycles. The number of para-hydroxylation sites is 1. The minimum atomic E-state index is -0.656. The largest absolute Gasteiger partial charge is 0.380 e. The molecule has 0 aromatic heterocycles. The second kappa shape index (κ2) is 8.12. The molecule has 0 fully saturated rings. The van der Waals surface area contributed by atoms with Gasteiger partial charge in [0.1, 0.15) is 11.6 Å². The van der Waals surface area contributed by atoms with Crippen LogP contribution in [0.1, 0.15) is 9.78 Å². The molecule has 4 nitrogen and oxygen atoms in total. The van der Waals surface area contributed by atoms with Crippen molar-refractivity contribution < 1.29 is 16.4 Å². The summed E-state index contributed by atoms with van der Waals surface area (Å²) in [6.07, 6.45) is -0.0756. The van der Waals surface area contributed by atoms with Gasteiger partial charge in [-0.25, -0.2) is 8.78 Å². The zero-order chi connectivity index (χ0) is 17.7. The summed E-state index contributed by atoms with van der Waals surface area (Å²) in [5.74, 6) is -1.15. The lowest BCUT2D eigenvalue weighted by Crippen LogP contribution is -2.25. The van der Waals surface area contributed by atoms with Gasteiger partial charge in [-0.15, -0.1) is 12.6 Å². The standard InChI is InChI=1S/C17H19F2N3OS.2H2/c1-10(23-2)9-21-17(20)22-16-14(4-3-5-15(16)24)11-6-12(18)8-13(19)7-11;;/h3-8,10,24H,9H2,1-2H3,(H3,20,21,22);2*1H. The van der Waals surface area contributed by atoms with Crippen molar-refractivity contribution in [1.29, 1.82) is 0 Å². The number of anilines is 1. The normalized spacial score (nSPS) is 13.0. The highest BCUT2D eigenvalue weighted by atomic mass is 32.1. The van der Waals surface area contributed by atoms with Crippen molar-refractivity contribution in [3.05, 3.63) is 48.0 Å². The first kappa shape index (κ1) is 18.2. The zero-order valence-electron chi connectivity index (χ0n) is 13.4. The van der Waals surface area contributed by atoms with Gasteiger partial charge >= 0.3 is 0 Å². The Hall–Kier alpha value is -2.12. The van der Waals surface area contributed by atoms with Crippen LogP contribution in [-0.2, 0) is 4.74 Å². The van der Waals surface area contributed by atoms with E-state index in [0.717, 1.165) is 6.07 Å². The lowest BCUT2D eigenvalue weighted by Gasteiger charge is -2.15. The Morgan fingerprint density at radius 2 is 2.00 bits per heavy atom. The molecule has 2 aromatic carbocycles. The highest BCUT2D eigenvalue weighted by Crippen LogP contribution is 2.33. The minimum Gasteiger partial charge on any atom is -0.380 e. The summed E-state index contributed by atoms with van der Waals surface area (Å²) in [7, 11) is 1.59. The summed E-state index contributed by atoms with van der Waals surface area (Å²) in [5, 5.41) is 2.95. The Morgan fingerprint density at radius 1 is 1.33 bits per heavy atom. The molecule has 0 bridgehead atoms. The first-order valence-electron chi connectivity index (χ1n) is 7.29. The van der Waals surface area contributed by atoms with E-state index in [1.165, 1.54) is 12.1 Å². The molecule has 0 spiro atoms. The molecular weight excluding hydrogens is 332 g/mol. The van der Waals surface area contributed by atoms with Crippen LogP contribution in [0.4, 0.5) is 14.5 Å². The Kier molecular flexibility index (Phi) is 6.16. The van der Waals surface area contributed by atoms with E-state index in [-0.39, 0.29) is 14.9 Å². The quantitative estimate of drug-likeness (QED) is 0.428. The molecule has 2 aromatic rings. The third-order valence-electron chi connectivity index (χ3n) is 3.39. The average molecular weight is 355 g/mol. The molecule has 132 valence electrons. The lowest BCUT2D eigenvalue weighted by molar-refractivity contribution is 0.125. The molecule has 0 aliphatic carbocycles. The van der Waals surface area contributed by atoms with Crippen molar-refractivity contribution in [3.8, 4) is 11.1 Å². The predicted octanol–water partition coefficient (Wildman–Crippen LogP) is 4.17. The van der Waals surface area contributed by atoms with Crippen LogP contribution in [-0.4, -0.2) is 25.7 Å². The van der Waals surface area contributed by atoms with Crippen molar-refractivity contribution in [2.24, 2.45) is 10.7 Å². The summed E-state index contributed by atoms with van der Waals surface area (Å²) < 4.78 is 32.1. The number of methoxy groups -OCH3 is 1. The van der Waals surface area contributed by atoms with Crippen molar-refractivity contribution in [1.82, 2.24) is 0 Å². The fourth-order valence-electron chi connectivity index (χ4n) is 2.09. The molecule has 0 heterocycles. The Morgan fingerprint density at radius 3 is 2.62 bits per heavy atom. The number of hydrogen-bond donors (Lipinski definition) is 3. The average Bonchev–Trinajstić information content (AvgIpc) is 2.53. The molecule has 0 saturated carbocycles. The number of thiol groups is 1. The van der Waals surface area contributed by atoms with E-state index in [1.807, 2.05) is 6.92 Å². The number of nitrogens with two attached hydrogens (primary N) is 1. The molecule has 0 aliphatic heterocycles. The van der Waals surface area contributed by atoms with E-state index in [0.29, 0.717) is 28.3 Å². The molecule has 0 radical (unpaired) electrons. The van der Waals surface area contributed by atoms with Crippen LogP contribution in [0.15, 0.2) is 46.3 Å². The minimum absolute atomic E-state index is 0. The van der Waals surface area contributed by atoms with Crippen LogP contribution in [0.25, 0.3) is 11.1 Å². The molecule has 3 N–H and O–H groups in total. The van der Waals surface area contributed by atoms with Crippen molar-refractivity contribution >= 4 is 24.3 Å². The van der Waals surface area contributed by atoms with Crippen LogP contribution < -0.4 is 11.1 Å². The van der Waals surface area contributed by atoms with Crippen LogP contribution >= 0.6 is 12.6 Å². The van der Waals surface area contributed by atoms with Gasteiger partial charge in [0.2, 0.25) is 0 Å². The number of halogens is 2. The number of ether oxygens (including phenoxy) is 1. The number of nitrogens with zero attached hydrogens (tertiary/aromatic N) is 1. The zero-order valence-corrected chi connectivity index (χ0v) is 14.3. The van der Waals surface area contributed by atoms with Crippen molar-refractivity contribution in [2.45, 2.75) is 17.9 Å². The maximum Gasteiger partial charge on any atom is 0.193 e. The molecule has 7 heteroatoms. The smallest absolute Gasteiger partial charge is 0.193 e. The SMILES string of the molecule is COC(C)CN=C(N)Nc1c(S)cccc1-c1cc(F)cc(F)c1.[HH].[HH]. The van der Waals surface area contributed by atoms with E-state index in [9.17, 15) is 8.78 Å². The van der Waals surface area contributed by atoms with Crippen molar-refractivity contribution in [3.63, 3.8) is 0 Å². The van der Waals surface area contributed by atoms with Gasteiger partial charge in [-0.05, 0) is 30.7 Å². The van der Waals surface area contributed by atoms with Gasteiger partial charge in [0.15, 0.2) is 5.96 Å². The first-order valence-corrected chi connectivity index (χ1v) is 7.73. The number of rotatable bonds is 5. The summed E-state index contributed by atoms with van der Waals surface area (Å²) in [4.78, 5) is 4.76. The summed E-state index contributed by atoms with van der Waals surface area (Å²) in [5.41, 5.74) is 7.36. The van der Waals surface area contributed by atoms with Gasteiger partial charge in [0.05, 0.1) is 18.3 Å². The van der Waals surface area contributed by atoms with Gasteiger partial charge < -0.3 is 15.8 Å². The Balaban J connectivity index is 0.00000312. The second-order valence-corrected chi connectivity index (χ2v) is 5.74. The summed E-state index contributed by atoms with van der Waals surface area (Å²) >= 11 is 4.39. The molecule has 0 amide bonds. The Bertz CT molecular complexity index is 743. The van der Waals surface area contributed by atoms with Crippen LogP contribution in [0.2, 0.25) is 0 Å². The molecule has 1 atom stereocenters. The summed E-state index contributed by atoms with van der Waals surface area (Å²) in [6, 6.07) is 8.53. The van der Waals surface area contributed by atoms with Crippen molar-refractivity contribution in [2.75, 3.05) is 19.0 Å². The van der Waals surface area contributed by atoms with Gasteiger partial charge in [0, 0.05) is 26.5 Å². The van der Waals surface area contributed by atoms with Gasteiger partial charge in [-0.2, -0.15) is 0 Å². The van der Waals surface area contributed by atoms with Crippen LogP contribution in [0, 0.1) is 11.6 Å². The number of benzene rings is 2. The number of aliphatic imine (C=N–C) groups is 1. The number of nitrogens with one attached hydrogen (secondary N) is 1. The molecule has 0 aliphatic rings. The highest BCUT2D eigenvalue weighted by Gasteiger charge is 2.12. The van der Waals surface area contributed by atoms with E-state index in [4.69, 9.17) is 10.5 Å². The van der Waals surface area contributed by atoms with E-state index < -0.39 is 11.6 Å². The van der Waals surface area contributed by atoms with E-state index in [2.05, 4.69) is 22.9 Å². The Labute approximate surface area is 148 Å². The number of guanidine groups is 1. The maximum atomic E-state index is 13.5.